The molecule has 1 heterocycles. The molecule has 2 aromatic rings. The van der Waals surface area contributed by atoms with Crippen LogP contribution >= 0.6 is 0 Å². The van der Waals surface area contributed by atoms with Crippen LogP contribution in [0.5, 0.6) is 5.75 Å². The lowest BCUT2D eigenvalue weighted by Crippen LogP contribution is -2.24. The van der Waals surface area contributed by atoms with Gasteiger partial charge in [0, 0.05) is 11.3 Å². The molecule has 0 aliphatic carbocycles. The molecular formula is C14H10N2O2. The van der Waals surface area contributed by atoms with E-state index in [1.165, 1.54) is 17.0 Å². The third-order valence-electron chi connectivity index (χ3n) is 2.94. The zero-order valence-electron chi connectivity index (χ0n) is 9.42. The van der Waals surface area contributed by atoms with Crippen LogP contribution in [0.1, 0.15) is 5.56 Å². The molecule has 4 nitrogen and oxygen atoms in total. The Morgan fingerprint density at radius 3 is 2.39 bits per heavy atom. The number of fused-ring (bicyclic) bond motifs is 1. The fourth-order valence-electron chi connectivity index (χ4n) is 2.07. The molecule has 0 fully saturated rings. The van der Waals surface area contributed by atoms with Crippen LogP contribution in [0, 0.1) is 5.41 Å². The van der Waals surface area contributed by atoms with Gasteiger partial charge in [-0.15, -0.1) is 0 Å². The summed E-state index contributed by atoms with van der Waals surface area (Å²) in [5.74, 6) is -0.198. The Labute approximate surface area is 104 Å². The topological polar surface area (TPSA) is 64.4 Å². The van der Waals surface area contributed by atoms with E-state index in [1.54, 1.807) is 24.3 Å². The van der Waals surface area contributed by atoms with Crippen LogP contribution in [0.15, 0.2) is 48.5 Å². The Morgan fingerprint density at radius 1 is 1.00 bits per heavy atom. The molecule has 1 amide bonds. The lowest BCUT2D eigenvalue weighted by Gasteiger charge is -2.16. The van der Waals surface area contributed by atoms with Gasteiger partial charge in [0.25, 0.3) is 5.91 Å². The maximum Gasteiger partial charge on any atom is 0.281 e. The first-order valence-electron chi connectivity index (χ1n) is 5.50. The maximum atomic E-state index is 12.1. The summed E-state index contributed by atoms with van der Waals surface area (Å²) < 4.78 is 0. The molecule has 1 aliphatic heterocycles. The Balaban J connectivity index is 2.16. The highest BCUT2D eigenvalue weighted by atomic mass is 16.3. The smallest absolute Gasteiger partial charge is 0.281 e. The summed E-state index contributed by atoms with van der Waals surface area (Å²) in [5, 5.41) is 17.1. The van der Waals surface area contributed by atoms with Gasteiger partial charge in [-0.2, -0.15) is 0 Å². The molecule has 0 bridgehead atoms. The number of anilines is 2. The quantitative estimate of drug-likeness (QED) is 0.801. The molecular weight excluding hydrogens is 228 g/mol. The van der Waals surface area contributed by atoms with Crippen LogP contribution in [0.3, 0.4) is 0 Å². The second-order valence-electron chi connectivity index (χ2n) is 4.05. The van der Waals surface area contributed by atoms with Crippen molar-refractivity contribution in [1.29, 1.82) is 5.41 Å². The van der Waals surface area contributed by atoms with Gasteiger partial charge in [-0.1, -0.05) is 18.2 Å². The minimum Gasteiger partial charge on any atom is -0.508 e. The molecule has 3 rings (SSSR count). The van der Waals surface area contributed by atoms with E-state index in [0.717, 1.165) is 0 Å². The summed E-state index contributed by atoms with van der Waals surface area (Å²) >= 11 is 0. The van der Waals surface area contributed by atoms with Crippen molar-refractivity contribution in [2.75, 3.05) is 4.90 Å². The Bertz CT molecular complexity index is 647. The summed E-state index contributed by atoms with van der Waals surface area (Å²) in [5.41, 5.74) is 1.99. The molecule has 0 spiro atoms. The van der Waals surface area contributed by atoms with E-state index in [2.05, 4.69) is 0 Å². The molecule has 1 aliphatic rings. The number of amides is 1. The largest absolute Gasteiger partial charge is 0.508 e. The predicted molar refractivity (Wildman–Crippen MR) is 68.5 cm³/mol. The Morgan fingerprint density at radius 2 is 1.67 bits per heavy atom. The number of aromatic hydroxyl groups is 1. The SMILES string of the molecule is N=C1C(=O)N(c2ccc(O)cc2)c2ccccc21. The van der Waals surface area contributed by atoms with E-state index in [1.807, 2.05) is 12.1 Å². The lowest BCUT2D eigenvalue weighted by atomic mass is 10.1. The first-order chi connectivity index (χ1) is 8.68. The number of phenols is 1. The van der Waals surface area contributed by atoms with Gasteiger partial charge in [0.1, 0.15) is 11.5 Å². The van der Waals surface area contributed by atoms with Crippen LogP contribution in [0.25, 0.3) is 0 Å². The van der Waals surface area contributed by atoms with Gasteiger partial charge in [0.15, 0.2) is 0 Å². The van der Waals surface area contributed by atoms with Gasteiger partial charge in [-0.05, 0) is 30.3 Å². The Hall–Kier alpha value is -2.62. The molecule has 88 valence electrons. The highest BCUT2D eigenvalue weighted by Crippen LogP contribution is 2.35. The number of para-hydroxylation sites is 1. The van der Waals surface area contributed by atoms with Crippen LogP contribution in [-0.4, -0.2) is 16.7 Å². The minimum absolute atomic E-state index is 0.00123. The molecule has 0 unspecified atom stereocenters. The molecule has 0 atom stereocenters. The van der Waals surface area contributed by atoms with Gasteiger partial charge >= 0.3 is 0 Å². The van der Waals surface area contributed by atoms with Crippen molar-refractivity contribution < 1.29 is 9.90 Å². The molecule has 0 radical (unpaired) electrons. The molecule has 0 saturated heterocycles. The standard InChI is InChI=1S/C14H10N2O2/c15-13-11-3-1-2-4-12(11)16(14(13)18)9-5-7-10(17)8-6-9/h1-8,15,17H. The van der Waals surface area contributed by atoms with E-state index in [4.69, 9.17) is 5.41 Å². The van der Waals surface area contributed by atoms with E-state index in [9.17, 15) is 9.90 Å². The number of carbonyl (C=O) groups excluding carboxylic acids is 1. The van der Waals surface area contributed by atoms with Crippen molar-refractivity contribution in [2.45, 2.75) is 0 Å². The maximum absolute atomic E-state index is 12.1. The monoisotopic (exact) mass is 238 g/mol. The third kappa shape index (κ3) is 1.39. The van der Waals surface area contributed by atoms with Gasteiger partial charge in [0.05, 0.1) is 5.69 Å². The van der Waals surface area contributed by atoms with Crippen LogP contribution in [0.2, 0.25) is 0 Å². The summed E-state index contributed by atoms with van der Waals surface area (Å²) in [6, 6.07) is 13.6. The number of carbonyl (C=O) groups is 1. The summed E-state index contributed by atoms with van der Waals surface area (Å²) in [4.78, 5) is 13.6. The molecule has 18 heavy (non-hydrogen) atoms. The van der Waals surface area contributed by atoms with Crippen molar-refractivity contribution in [1.82, 2.24) is 0 Å². The predicted octanol–water partition coefficient (Wildman–Crippen LogP) is 2.44. The van der Waals surface area contributed by atoms with Crippen molar-refractivity contribution in [3.63, 3.8) is 0 Å². The van der Waals surface area contributed by atoms with Crippen molar-refractivity contribution in [3.8, 4) is 5.75 Å². The fourth-order valence-corrected chi connectivity index (χ4v) is 2.07. The molecule has 2 aromatic carbocycles. The lowest BCUT2D eigenvalue weighted by molar-refractivity contribution is -0.111. The van der Waals surface area contributed by atoms with Gasteiger partial charge in [-0.3, -0.25) is 15.1 Å². The molecule has 2 N–H and O–H groups in total. The summed E-state index contributed by atoms with van der Waals surface area (Å²) in [7, 11) is 0. The average molecular weight is 238 g/mol. The van der Waals surface area contributed by atoms with Crippen LogP contribution in [-0.2, 0) is 4.79 Å². The second kappa shape index (κ2) is 3.70. The number of nitrogens with zero attached hydrogens (tertiary/aromatic N) is 1. The normalized spacial score (nSPS) is 13.9. The third-order valence-corrected chi connectivity index (χ3v) is 2.94. The summed E-state index contributed by atoms with van der Waals surface area (Å²) in [6.07, 6.45) is 0. The Kier molecular flexibility index (Phi) is 2.16. The number of phenolic OH excluding ortho intramolecular Hbond substituents is 1. The minimum atomic E-state index is -0.345. The molecule has 0 saturated carbocycles. The molecule has 0 aromatic heterocycles. The number of nitrogens with one attached hydrogen (secondary N) is 1. The van der Waals surface area contributed by atoms with Gasteiger partial charge in [-0.25, -0.2) is 0 Å². The average Bonchev–Trinajstić information content (AvgIpc) is 2.64. The zero-order chi connectivity index (χ0) is 12.7. The fraction of sp³-hybridized carbons (Fsp3) is 0. The van der Waals surface area contributed by atoms with Crippen molar-refractivity contribution in [3.05, 3.63) is 54.1 Å². The van der Waals surface area contributed by atoms with E-state index in [0.29, 0.717) is 16.9 Å². The van der Waals surface area contributed by atoms with Crippen LogP contribution < -0.4 is 4.90 Å². The highest BCUT2D eigenvalue weighted by Gasteiger charge is 2.33. The first-order valence-corrected chi connectivity index (χ1v) is 5.50. The van der Waals surface area contributed by atoms with Gasteiger partial charge in [0.2, 0.25) is 0 Å². The number of hydrogen-bond acceptors (Lipinski definition) is 3. The second-order valence-corrected chi connectivity index (χ2v) is 4.05. The van der Waals surface area contributed by atoms with Crippen molar-refractivity contribution >= 4 is 23.0 Å². The van der Waals surface area contributed by atoms with E-state index >= 15 is 0 Å². The number of hydrogen-bond donors (Lipinski definition) is 2. The zero-order valence-corrected chi connectivity index (χ0v) is 9.42. The molecule has 4 heteroatoms. The number of rotatable bonds is 1. The van der Waals surface area contributed by atoms with Gasteiger partial charge < -0.3 is 5.11 Å². The van der Waals surface area contributed by atoms with Crippen molar-refractivity contribution in [2.24, 2.45) is 0 Å². The highest BCUT2D eigenvalue weighted by molar-refractivity contribution is 6.54. The first kappa shape index (κ1) is 10.5. The van der Waals surface area contributed by atoms with Crippen LogP contribution in [0.4, 0.5) is 11.4 Å². The van der Waals surface area contributed by atoms with E-state index in [-0.39, 0.29) is 17.4 Å². The van der Waals surface area contributed by atoms with E-state index < -0.39 is 0 Å². The summed E-state index contributed by atoms with van der Waals surface area (Å²) in [6.45, 7) is 0. The number of benzene rings is 2.